The van der Waals surface area contributed by atoms with Gasteiger partial charge in [0.1, 0.15) is 23.9 Å². The highest BCUT2D eigenvalue weighted by molar-refractivity contribution is 7.91. The van der Waals surface area contributed by atoms with Gasteiger partial charge in [0.05, 0.1) is 18.1 Å². The van der Waals surface area contributed by atoms with E-state index in [0.29, 0.717) is 0 Å². The first-order valence-corrected chi connectivity index (χ1v) is 11.1. The molecule has 0 saturated carbocycles. The van der Waals surface area contributed by atoms with Crippen LogP contribution >= 0.6 is 0 Å². The summed E-state index contributed by atoms with van der Waals surface area (Å²) in [7, 11) is -3.50. The molecular weight excluding hydrogens is 406 g/mol. The highest BCUT2D eigenvalue weighted by Gasteiger charge is 2.29. The lowest BCUT2D eigenvalue weighted by atomic mass is 10.1. The summed E-state index contributed by atoms with van der Waals surface area (Å²) in [5, 5.41) is 11.0. The maximum atomic E-state index is 12.3. The molecule has 0 fully saturated rings. The van der Waals surface area contributed by atoms with E-state index >= 15 is 0 Å². The highest BCUT2D eigenvalue weighted by atomic mass is 32.2. The molecule has 0 aromatic heterocycles. The molecule has 0 radical (unpaired) electrons. The SMILES string of the molecule is CC(C)(C)OC(=O)N[C@@H](CCC(=O)OCCS(=O)(=O)CCO)C(=O)OC(C)(C)C. The molecule has 0 aromatic rings. The summed E-state index contributed by atoms with van der Waals surface area (Å²) in [4.78, 5) is 36.2. The summed E-state index contributed by atoms with van der Waals surface area (Å²) in [6.07, 6.45) is -1.20. The highest BCUT2D eigenvalue weighted by Crippen LogP contribution is 2.13. The van der Waals surface area contributed by atoms with Crippen molar-refractivity contribution in [2.75, 3.05) is 24.7 Å². The lowest BCUT2D eigenvalue weighted by Gasteiger charge is -2.26. The number of aliphatic hydroxyl groups is 1. The van der Waals surface area contributed by atoms with Crippen molar-refractivity contribution in [3.05, 3.63) is 0 Å². The van der Waals surface area contributed by atoms with Crippen LogP contribution in [0.3, 0.4) is 0 Å². The van der Waals surface area contributed by atoms with Crippen LogP contribution in [0.15, 0.2) is 0 Å². The fourth-order valence-electron chi connectivity index (χ4n) is 1.93. The maximum absolute atomic E-state index is 12.3. The summed E-state index contributed by atoms with van der Waals surface area (Å²) in [5.74, 6) is -2.29. The molecule has 0 aliphatic heterocycles. The number of esters is 2. The van der Waals surface area contributed by atoms with Gasteiger partial charge in [-0.05, 0) is 48.0 Å². The van der Waals surface area contributed by atoms with Crippen molar-refractivity contribution in [1.29, 1.82) is 0 Å². The monoisotopic (exact) mass is 439 g/mol. The predicted molar refractivity (Wildman–Crippen MR) is 105 cm³/mol. The lowest BCUT2D eigenvalue weighted by Crippen LogP contribution is -2.46. The normalized spacial score (nSPS) is 13.3. The zero-order valence-corrected chi connectivity index (χ0v) is 18.8. The van der Waals surface area contributed by atoms with E-state index in [9.17, 15) is 22.8 Å². The minimum Gasteiger partial charge on any atom is -0.465 e. The molecule has 11 heteroatoms. The number of amides is 1. The summed E-state index contributed by atoms with van der Waals surface area (Å²) in [5.41, 5.74) is -1.58. The number of hydrogen-bond donors (Lipinski definition) is 2. The topological polar surface area (TPSA) is 145 Å². The number of sulfone groups is 1. The quantitative estimate of drug-likeness (QED) is 0.375. The molecule has 0 heterocycles. The molecule has 0 aromatic carbocycles. The first-order chi connectivity index (χ1) is 13.0. The van der Waals surface area contributed by atoms with E-state index in [1.165, 1.54) is 0 Å². The summed E-state index contributed by atoms with van der Waals surface area (Å²) in [6, 6.07) is -1.14. The molecule has 0 bridgehead atoms. The first-order valence-electron chi connectivity index (χ1n) is 9.24. The minimum atomic E-state index is -3.50. The summed E-state index contributed by atoms with van der Waals surface area (Å²) < 4.78 is 38.1. The van der Waals surface area contributed by atoms with Crippen molar-refractivity contribution in [2.45, 2.75) is 71.6 Å². The summed E-state index contributed by atoms with van der Waals surface area (Å²) >= 11 is 0. The number of carbonyl (C=O) groups is 3. The number of aliphatic hydroxyl groups excluding tert-OH is 1. The molecule has 29 heavy (non-hydrogen) atoms. The molecule has 170 valence electrons. The zero-order chi connectivity index (χ0) is 22.9. The minimum absolute atomic E-state index is 0.115. The molecule has 0 spiro atoms. The molecule has 10 nitrogen and oxygen atoms in total. The number of ether oxygens (including phenoxy) is 3. The molecule has 0 rings (SSSR count). The Hall–Kier alpha value is -1.88. The van der Waals surface area contributed by atoms with Crippen LogP contribution in [0.5, 0.6) is 0 Å². The van der Waals surface area contributed by atoms with Crippen LogP contribution in [-0.4, -0.2) is 73.5 Å². The largest absolute Gasteiger partial charge is 0.465 e. The second kappa shape index (κ2) is 11.3. The Morgan fingerprint density at radius 3 is 2.00 bits per heavy atom. The maximum Gasteiger partial charge on any atom is 0.408 e. The fourth-order valence-corrected chi connectivity index (χ4v) is 2.75. The van der Waals surface area contributed by atoms with Crippen molar-refractivity contribution in [3.8, 4) is 0 Å². The number of carbonyl (C=O) groups excluding carboxylic acids is 3. The molecule has 2 N–H and O–H groups in total. The van der Waals surface area contributed by atoms with Gasteiger partial charge in [0.25, 0.3) is 0 Å². The molecule has 0 aliphatic rings. The second-order valence-electron chi connectivity index (χ2n) is 8.37. The predicted octanol–water partition coefficient (Wildman–Crippen LogP) is 0.952. The Balaban J connectivity index is 4.80. The van der Waals surface area contributed by atoms with Crippen molar-refractivity contribution < 1.29 is 42.1 Å². The van der Waals surface area contributed by atoms with Crippen molar-refractivity contribution in [3.63, 3.8) is 0 Å². The van der Waals surface area contributed by atoms with Crippen LogP contribution in [-0.2, 0) is 33.6 Å². The van der Waals surface area contributed by atoms with Crippen LogP contribution in [0, 0.1) is 0 Å². The zero-order valence-electron chi connectivity index (χ0n) is 17.9. The van der Waals surface area contributed by atoms with Crippen LogP contribution in [0.4, 0.5) is 4.79 Å². The summed E-state index contributed by atoms with van der Waals surface area (Å²) in [6.45, 7) is 9.11. The van der Waals surface area contributed by atoms with Gasteiger partial charge in [0.2, 0.25) is 0 Å². The van der Waals surface area contributed by atoms with E-state index in [4.69, 9.17) is 19.3 Å². The molecule has 0 saturated heterocycles. The third-order valence-electron chi connectivity index (χ3n) is 3.08. The number of nitrogens with one attached hydrogen (secondary N) is 1. The van der Waals surface area contributed by atoms with Gasteiger partial charge in [-0.1, -0.05) is 0 Å². The molecule has 1 atom stereocenters. The van der Waals surface area contributed by atoms with Gasteiger partial charge >= 0.3 is 18.0 Å². The lowest BCUT2D eigenvalue weighted by molar-refractivity contribution is -0.157. The van der Waals surface area contributed by atoms with E-state index in [0.717, 1.165) is 0 Å². The Morgan fingerprint density at radius 2 is 1.52 bits per heavy atom. The van der Waals surface area contributed by atoms with Crippen LogP contribution in [0.1, 0.15) is 54.4 Å². The van der Waals surface area contributed by atoms with Gasteiger partial charge in [-0.2, -0.15) is 0 Å². The molecule has 0 unspecified atom stereocenters. The first kappa shape index (κ1) is 27.1. The molecule has 1 amide bonds. The van der Waals surface area contributed by atoms with Crippen molar-refractivity contribution in [2.24, 2.45) is 0 Å². The number of rotatable bonds is 10. The van der Waals surface area contributed by atoms with Gasteiger partial charge in [-0.3, -0.25) is 4.79 Å². The average Bonchev–Trinajstić information content (AvgIpc) is 2.47. The third kappa shape index (κ3) is 14.7. The van der Waals surface area contributed by atoms with E-state index in [1.54, 1.807) is 41.5 Å². The standard InChI is InChI=1S/C18H33NO9S/c1-17(2,3)27-15(22)13(19-16(23)28-18(4,5)6)7-8-14(21)26-10-12-29(24,25)11-9-20/h13,20H,7-12H2,1-6H3,(H,19,23)/t13-/m0/s1. The second-order valence-corrected chi connectivity index (χ2v) is 10.7. The van der Waals surface area contributed by atoms with Crippen LogP contribution in [0.2, 0.25) is 0 Å². The number of hydrogen-bond acceptors (Lipinski definition) is 9. The van der Waals surface area contributed by atoms with Crippen molar-refractivity contribution >= 4 is 27.9 Å². The Kier molecular flexibility index (Phi) is 10.6. The van der Waals surface area contributed by atoms with E-state index in [-0.39, 0.29) is 19.4 Å². The molecular formula is C18H33NO9S. The Morgan fingerprint density at radius 1 is 0.966 bits per heavy atom. The van der Waals surface area contributed by atoms with Gasteiger partial charge in [0, 0.05) is 6.42 Å². The average molecular weight is 440 g/mol. The van der Waals surface area contributed by atoms with Gasteiger partial charge in [-0.25, -0.2) is 18.0 Å². The molecule has 0 aliphatic carbocycles. The number of alkyl carbamates (subject to hydrolysis) is 1. The third-order valence-corrected chi connectivity index (χ3v) is 4.67. The Bertz CT molecular complexity index is 660. The van der Waals surface area contributed by atoms with Crippen molar-refractivity contribution in [1.82, 2.24) is 5.32 Å². The van der Waals surface area contributed by atoms with Crippen LogP contribution < -0.4 is 5.32 Å². The smallest absolute Gasteiger partial charge is 0.408 e. The van der Waals surface area contributed by atoms with E-state index in [2.05, 4.69) is 5.32 Å². The van der Waals surface area contributed by atoms with Gasteiger partial charge in [0.15, 0.2) is 9.84 Å². The van der Waals surface area contributed by atoms with E-state index in [1.807, 2.05) is 0 Å². The van der Waals surface area contributed by atoms with Gasteiger partial charge in [-0.15, -0.1) is 0 Å². The van der Waals surface area contributed by atoms with E-state index < -0.39 is 63.2 Å². The Labute approximate surface area is 172 Å². The van der Waals surface area contributed by atoms with Crippen LogP contribution in [0.25, 0.3) is 0 Å². The van der Waals surface area contributed by atoms with Gasteiger partial charge < -0.3 is 24.6 Å². The fraction of sp³-hybridized carbons (Fsp3) is 0.833.